The van der Waals surface area contributed by atoms with Crippen LogP contribution in [0.3, 0.4) is 0 Å². The summed E-state index contributed by atoms with van der Waals surface area (Å²) in [5.41, 5.74) is 0.749. The highest BCUT2D eigenvalue weighted by Crippen LogP contribution is 2.33. The first-order valence-electron chi connectivity index (χ1n) is 14.6. The largest absolute Gasteiger partial charge is 0.480 e. The second-order valence-electron chi connectivity index (χ2n) is 11.0. The number of likely N-dealkylation sites (tertiary alicyclic amines) is 1. The van der Waals surface area contributed by atoms with Crippen molar-refractivity contribution in [3.63, 3.8) is 0 Å². The van der Waals surface area contributed by atoms with Crippen molar-refractivity contribution in [2.45, 2.75) is 37.4 Å². The van der Waals surface area contributed by atoms with Crippen LogP contribution in [0.25, 0.3) is 0 Å². The van der Waals surface area contributed by atoms with Gasteiger partial charge in [-0.05, 0) is 36.1 Å². The van der Waals surface area contributed by atoms with E-state index >= 15 is 0 Å². The average molecular weight is 664 g/mol. The molecule has 3 amide bonds. The summed E-state index contributed by atoms with van der Waals surface area (Å²) in [6, 6.07) is 22.2. The molecule has 1 atom stereocenters. The number of nitrogens with one attached hydrogen (secondary N) is 4. The van der Waals surface area contributed by atoms with E-state index in [1.54, 1.807) is 6.07 Å². The van der Waals surface area contributed by atoms with Crippen molar-refractivity contribution in [1.82, 2.24) is 25.5 Å². The highest BCUT2D eigenvalue weighted by atomic mass is 35.5. The number of carboxylic acids is 1. The standard InChI is InChI=1S/C33H32Cl2N6O5/c34-24-12-7-13-25(35)27(24)29(42)38-28-22(19-36-31(45)39-28)18-26(30(43)44)37-32(46)40-33(23-10-5-2-6-11-23)14-16-41(17-15-33)20-21-8-3-1-4-9-21/h1-13,19,26H,14-18,20H2,(H,43,44)(H2,37,40,46)(H2,36,38,39,42,45). The number of nitrogens with zero attached hydrogens (tertiary/aromatic N) is 2. The Kier molecular flexibility index (Phi) is 10.4. The van der Waals surface area contributed by atoms with Crippen LogP contribution in [0.4, 0.5) is 10.6 Å². The summed E-state index contributed by atoms with van der Waals surface area (Å²) < 4.78 is 0. The molecule has 1 fully saturated rings. The molecule has 46 heavy (non-hydrogen) atoms. The van der Waals surface area contributed by atoms with Crippen LogP contribution in [0.2, 0.25) is 10.0 Å². The second kappa shape index (κ2) is 14.6. The van der Waals surface area contributed by atoms with E-state index in [0.29, 0.717) is 25.9 Å². The molecule has 1 unspecified atom stereocenters. The summed E-state index contributed by atoms with van der Waals surface area (Å²) in [6.07, 6.45) is 2.16. The van der Waals surface area contributed by atoms with E-state index in [-0.39, 0.29) is 33.4 Å². The number of urea groups is 1. The number of amides is 3. The predicted octanol–water partition coefficient (Wildman–Crippen LogP) is 4.82. The van der Waals surface area contributed by atoms with Crippen molar-refractivity contribution in [2.24, 2.45) is 0 Å². The molecule has 0 spiro atoms. The van der Waals surface area contributed by atoms with E-state index in [1.807, 2.05) is 48.5 Å². The number of hydrogen-bond donors (Lipinski definition) is 5. The summed E-state index contributed by atoms with van der Waals surface area (Å²) in [6.45, 7) is 2.22. The molecule has 1 aliphatic heterocycles. The van der Waals surface area contributed by atoms with E-state index < -0.39 is 35.2 Å². The van der Waals surface area contributed by atoms with E-state index in [4.69, 9.17) is 23.2 Å². The molecule has 1 saturated heterocycles. The summed E-state index contributed by atoms with van der Waals surface area (Å²) in [7, 11) is 0. The zero-order valence-corrected chi connectivity index (χ0v) is 26.1. The van der Waals surface area contributed by atoms with Crippen molar-refractivity contribution in [3.8, 4) is 0 Å². The van der Waals surface area contributed by atoms with Crippen molar-refractivity contribution in [3.05, 3.63) is 128 Å². The fourth-order valence-electron chi connectivity index (χ4n) is 5.58. The Bertz CT molecular complexity index is 1740. The van der Waals surface area contributed by atoms with Gasteiger partial charge >= 0.3 is 17.7 Å². The highest BCUT2D eigenvalue weighted by Gasteiger charge is 2.38. The topological polar surface area (TPSA) is 157 Å². The third kappa shape index (κ3) is 7.92. The Labute approximate surface area is 275 Å². The van der Waals surface area contributed by atoms with Gasteiger partial charge in [-0.15, -0.1) is 0 Å². The molecule has 1 aromatic heterocycles. The minimum Gasteiger partial charge on any atom is -0.480 e. The molecule has 13 heteroatoms. The number of carbonyl (C=O) groups excluding carboxylic acids is 2. The molecular formula is C33H32Cl2N6O5. The lowest BCUT2D eigenvalue weighted by molar-refractivity contribution is -0.139. The molecule has 0 bridgehead atoms. The Morgan fingerprint density at radius 1 is 0.935 bits per heavy atom. The molecule has 0 radical (unpaired) electrons. The Balaban J connectivity index is 1.31. The maximum atomic E-state index is 13.5. The number of carbonyl (C=O) groups is 3. The van der Waals surface area contributed by atoms with Crippen LogP contribution in [0.1, 0.15) is 39.9 Å². The summed E-state index contributed by atoms with van der Waals surface area (Å²) in [4.78, 5) is 59.4. The summed E-state index contributed by atoms with van der Waals surface area (Å²) >= 11 is 12.3. The van der Waals surface area contributed by atoms with Gasteiger partial charge in [0.1, 0.15) is 11.9 Å². The molecular weight excluding hydrogens is 631 g/mol. The Hall–Kier alpha value is -4.71. The van der Waals surface area contributed by atoms with Gasteiger partial charge in [0.15, 0.2) is 0 Å². The summed E-state index contributed by atoms with van der Waals surface area (Å²) in [5.74, 6) is -2.25. The SMILES string of the molecule is O=C(NC(Cc1c[nH]c(=O)nc1NC(=O)c1c(Cl)cccc1Cl)C(=O)O)NC1(c2ccccc2)CCN(Cc2ccccc2)CC1. The average Bonchev–Trinajstić information content (AvgIpc) is 3.03. The molecule has 238 valence electrons. The first kappa shape index (κ1) is 32.7. The molecule has 4 aromatic rings. The molecule has 2 heterocycles. The van der Waals surface area contributed by atoms with Crippen molar-refractivity contribution < 1.29 is 19.5 Å². The molecule has 1 aliphatic rings. The third-order valence-corrected chi connectivity index (χ3v) is 8.60. The Morgan fingerprint density at radius 2 is 1.57 bits per heavy atom. The van der Waals surface area contributed by atoms with Gasteiger partial charge in [-0.1, -0.05) is 89.9 Å². The van der Waals surface area contributed by atoms with E-state index in [2.05, 4.69) is 43.0 Å². The fourth-order valence-corrected chi connectivity index (χ4v) is 6.15. The number of hydrogen-bond acceptors (Lipinski definition) is 6. The number of aromatic nitrogens is 2. The number of H-pyrrole nitrogens is 1. The number of carboxylic acid groups (broad SMARTS) is 1. The van der Waals surface area contributed by atoms with Gasteiger partial charge in [-0.25, -0.2) is 14.4 Å². The number of aliphatic carboxylic acids is 1. The van der Waals surface area contributed by atoms with E-state index in [9.17, 15) is 24.3 Å². The Morgan fingerprint density at radius 3 is 2.20 bits per heavy atom. The smallest absolute Gasteiger partial charge is 0.346 e. The monoisotopic (exact) mass is 662 g/mol. The highest BCUT2D eigenvalue weighted by molar-refractivity contribution is 6.40. The normalized spacial score (nSPS) is 15.0. The minimum absolute atomic E-state index is 0.0350. The molecule has 0 aliphatic carbocycles. The second-order valence-corrected chi connectivity index (χ2v) is 11.8. The van der Waals surface area contributed by atoms with Gasteiger partial charge in [0.25, 0.3) is 5.91 Å². The first-order chi connectivity index (χ1) is 22.1. The van der Waals surface area contributed by atoms with Crippen LogP contribution < -0.4 is 21.6 Å². The predicted molar refractivity (Wildman–Crippen MR) is 175 cm³/mol. The molecule has 3 aromatic carbocycles. The van der Waals surface area contributed by atoms with Gasteiger partial charge < -0.3 is 26.0 Å². The number of piperidine rings is 1. The van der Waals surface area contributed by atoms with Crippen LogP contribution in [0.5, 0.6) is 0 Å². The van der Waals surface area contributed by atoms with Gasteiger partial charge in [0.2, 0.25) is 0 Å². The van der Waals surface area contributed by atoms with Gasteiger partial charge in [-0.2, -0.15) is 4.98 Å². The lowest BCUT2D eigenvalue weighted by Gasteiger charge is -2.43. The number of halogens is 2. The van der Waals surface area contributed by atoms with Crippen LogP contribution in [0, 0.1) is 0 Å². The molecule has 5 N–H and O–H groups in total. The van der Waals surface area contributed by atoms with Gasteiger partial charge in [0.05, 0.1) is 21.1 Å². The quantitative estimate of drug-likeness (QED) is 0.163. The van der Waals surface area contributed by atoms with Crippen LogP contribution in [-0.2, 0) is 23.3 Å². The fraction of sp³-hybridized carbons (Fsp3) is 0.242. The van der Waals surface area contributed by atoms with E-state index in [0.717, 1.165) is 12.1 Å². The van der Waals surface area contributed by atoms with Crippen molar-refractivity contribution in [2.75, 3.05) is 18.4 Å². The first-order valence-corrected chi connectivity index (χ1v) is 15.4. The maximum absolute atomic E-state index is 13.5. The number of benzene rings is 3. The number of anilines is 1. The minimum atomic E-state index is -1.43. The summed E-state index contributed by atoms with van der Waals surface area (Å²) in [5, 5.41) is 18.4. The third-order valence-electron chi connectivity index (χ3n) is 7.97. The van der Waals surface area contributed by atoms with E-state index in [1.165, 1.54) is 23.9 Å². The van der Waals surface area contributed by atoms with Gasteiger partial charge in [0, 0.05) is 37.8 Å². The molecule has 11 nitrogen and oxygen atoms in total. The number of aromatic amines is 1. The van der Waals surface area contributed by atoms with Gasteiger partial charge in [-0.3, -0.25) is 9.69 Å². The van der Waals surface area contributed by atoms with Crippen LogP contribution in [0.15, 0.2) is 89.9 Å². The molecule has 0 saturated carbocycles. The zero-order valence-electron chi connectivity index (χ0n) is 24.6. The van der Waals surface area contributed by atoms with Crippen LogP contribution >= 0.6 is 23.2 Å². The maximum Gasteiger partial charge on any atom is 0.346 e. The van der Waals surface area contributed by atoms with Crippen molar-refractivity contribution >= 4 is 46.9 Å². The van der Waals surface area contributed by atoms with Crippen LogP contribution in [-0.4, -0.2) is 57.0 Å². The zero-order chi connectivity index (χ0) is 32.7. The lowest BCUT2D eigenvalue weighted by atomic mass is 9.80. The van der Waals surface area contributed by atoms with Crippen molar-refractivity contribution in [1.29, 1.82) is 0 Å². The lowest BCUT2D eigenvalue weighted by Crippen LogP contribution is -2.57. The molecule has 5 rings (SSSR count). The number of rotatable bonds is 10.